The number of hydrogen-bond acceptors (Lipinski definition) is 4. The van der Waals surface area contributed by atoms with Crippen LogP contribution in [0.3, 0.4) is 0 Å². The Labute approximate surface area is 140 Å². The lowest BCUT2D eigenvalue weighted by atomic mass is 10.1. The van der Waals surface area contributed by atoms with E-state index in [1.807, 2.05) is 0 Å². The predicted octanol–water partition coefficient (Wildman–Crippen LogP) is 2.32. The molecule has 6 heteroatoms. The smallest absolute Gasteiger partial charge is 0.259 e. The molecule has 0 unspecified atom stereocenters. The van der Waals surface area contributed by atoms with Crippen LogP contribution in [0.2, 0.25) is 0 Å². The molecule has 0 aromatic heterocycles. The molecule has 0 bridgehead atoms. The number of nitrogens with one attached hydrogen (secondary N) is 2. The number of benzene rings is 2. The van der Waals surface area contributed by atoms with E-state index in [0.29, 0.717) is 35.8 Å². The van der Waals surface area contributed by atoms with Crippen LogP contribution in [0.25, 0.3) is 0 Å². The summed E-state index contributed by atoms with van der Waals surface area (Å²) in [5, 5.41) is 5.33. The monoisotopic (exact) mass is 328 g/mol. The maximum Gasteiger partial charge on any atom is 0.259 e. The van der Waals surface area contributed by atoms with Crippen molar-refractivity contribution in [2.45, 2.75) is 0 Å². The van der Waals surface area contributed by atoms with Gasteiger partial charge < -0.3 is 20.1 Å². The molecule has 0 saturated carbocycles. The molecule has 0 radical (unpaired) electrons. The van der Waals surface area contributed by atoms with Gasteiger partial charge in [-0.2, -0.15) is 0 Å². The van der Waals surface area contributed by atoms with Gasteiger partial charge in [-0.25, -0.2) is 0 Å². The molecular weight excluding hydrogens is 308 g/mol. The van der Waals surface area contributed by atoms with Gasteiger partial charge in [0.2, 0.25) is 0 Å². The Bertz CT molecular complexity index is 716. The number of rotatable bonds is 7. The third-order valence-corrected chi connectivity index (χ3v) is 3.29. The van der Waals surface area contributed by atoms with Crippen LogP contribution in [-0.2, 0) is 4.74 Å². The van der Waals surface area contributed by atoms with Gasteiger partial charge in [0.15, 0.2) is 0 Å². The third kappa shape index (κ3) is 4.57. The molecule has 6 nitrogen and oxygen atoms in total. The van der Waals surface area contributed by atoms with Crippen LogP contribution in [0, 0.1) is 0 Å². The first-order chi connectivity index (χ1) is 11.7. The van der Waals surface area contributed by atoms with E-state index in [1.165, 1.54) is 0 Å². The van der Waals surface area contributed by atoms with Gasteiger partial charge in [-0.15, -0.1) is 0 Å². The molecule has 0 atom stereocenters. The minimum Gasteiger partial charge on any atom is -0.490 e. The molecule has 126 valence electrons. The Balaban J connectivity index is 2.14. The molecule has 2 amide bonds. The molecule has 2 N–H and O–H groups in total. The van der Waals surface area contributed by atoms with E-state index >= 15 is 0 Å². The van der Waals surface area contributed by atoms with E-state index in [-0.39, 0.29) is 11.8 Å². The van der Waals surface area contributed by atoms with Gasteiger partial charge >= 0.3 is 0 Å². The van der Waals surface area contributed by atoms with Crippen molar-refractivity contribution in [1.29, 1.82) is 0 Å². The van der Waals surface area contributed by atoms with E-state index in [9.17, 15) is 9.59 Å². The highest BCUT2D eigenvalue weighted by Gasteiger charge is 2.13. The van der Waals surface area contributed by atoms with Gasteiger partial charge in [0, 0.05) is 25.4 Å². The van der Waals surface area contributed by atoms with Crippen LogP contribution in [0.4, 0.5) is 5.69 Å². The highest BCUT2D eigenvalue weighted by molar-refractivity contribution is 6.06. The first-order valence-corrected chi connectivity index (χ1v) is 7.50. The summed E-state index contributed by atoms with van der Waals surface area (Å²) in [5.41, 5.74) is 1.42. The van der Waals surface area contributed by atoms with Crippen molar-refractivity contribution in [2.24, 2.45) is 0 Å². The highest BCUT2D eigenvalue weighted by Crippen LogP contribution is 2.20. The Morgan fingerprint density at radius 1 is 1.00 bits per heavy atom. The third-order valence-electron chi connectivity index (χ3n) is 3.29. The lowest BCUT2D eigenvalue weighted by molar-refractivity contribution is 0.0961. The minimum absolute atomic E-state index is 0.214. The number of methoxy groups -OCH3 is 1. The summed E-state index contributed by atoms with van der Waals surface area (Å²) in [4.78, 5) is 24.2. The SMILES string of the molecule is CNC(=O)c1cccc(NC(=O)c2ccccc2OCCOC)c1. The molecule has 2 aromatic carbocycles. The largest absolute Gasteiger partial charge is 0.490 e. The molecule has 0 aliphatic carbocycles. The van der Waals surface area contributed by atoms with Gasteiger partial charge in [0.25, 0.3) is 11.8 Å². The fourth-order valence-corrected chi connectivity index (χ4v) is 2.10. The van der Waals surface area contributed by atoms with Crippen molar-refractivity contribution >= 4 is 17.5 Å². The predicted molar refractivity (Wildman–Crippen MR) is 91.6 cm³/mol. The van der Waals surface area contributed by atoms with Crippen LogP contribution in [0.1, 0.15) is 20.7 Å². The molecule has 0 aliphatic heterocycles. The lowest BCUT2D eigenvalue weighted by Gasteiger charge is -2.12. The average molecular weight is 328 g/mol. The standard InChI is InChI=1S/C18H20N2O4/c1-19-17(21)13-6-5-7-14(12-13)20-18(22)15-8-3-4-9-16(15)24-11-10-23-2/h3-9,12H,10-11H2,1-2H3,(H,19,21)(H,20,22). The highest BCUT2D eigenvalue weighted by atomic mass is 16.5. The van der Waals surface area contributed by atoms with Crippen molar-refractivity contribution in [3.8, 4) is 5.75 Å². The van der Waals surface area contributed by atoms with Gasteiger partial charge in [-0.3, -0.25) is 9.59 Å². The van der Waals surface area contributed by atoms with Gasteiger partial charge in [0.1, 0.15) is 12.4 Å². The maximum absolute atomic E-state index is 12.5. The van der Waals surface area contributed by atoms with Gasteiger partial charge in [0.05, 0.1) is 12.2 Å². The summed E-state index contributed by atoms with van der Waals surface area (Å²) in [5.74, 6) is -0.0408. The van der Waals surface area contributed by atoms with Crippen LogP contribution in [0.5, 0.6) is 5.75 Å². The number of carbonyl (C=O) groups is 2. The zero-order valence-electron chi connectivity index (χ0n) is 13.7. The number of para-hydroxylation sites is 1. The number of hydrogen-bond donors (Lipinski definition) is 2. The Hall–Kier alpha value is -2.86. The topological polar surface area (TPSA) is 76.7 Å². The second-order valence-electron chi connectivity index (χ2n) is 4.95. The normalized spacial score (nSPS) is 10.1. The summed E-state index contributed by atoms with van der Waals surface area (Å²) in [6, 6.07) is 13.7. The molecule has 0 heterocycles. The summed E-state index contributed by atoms with van der Waals surface area (Å²) in [6.45, 7) is 0.789. The van der Waals surface area contributed by atoms with E-state index in [4.69, 9.17) is 9.47 Å². The van der Waals surface area contributed by atoms with E-state index in [2.05, 4.69) is 10.6 Å². The second kappa shape index (κ2) is 8.69. The molecule has 0 fully saturated rings. The van der Waals surface area contributed by atoms with Crippen LogP contribution in [0.15, 0.2) is 48.5 Å². The molecule has 0 spiro atoms. The Morgan fingerprint density at radius 3 is 2.54 bits per heavy atom. The molecule has 24 heavy (non-hydrogen) atoms. The molecule has 0 saturated heterocycles. The van der Waals surface area contributed by atoms with Crippen molar-refractivity contribution in [3.05, 3.63) is 59.7 Å². The average Bonchev–Trinajstić information content (AvgIpc) is 2.62. The molecule has 2 rings (SSSR count). The van der Waals surface area contributed by atoms with Crippen molar-refractivity contribution < 1.29 is 19.1 Å². The minimum atomic E-state index is -0.308. The fraction of sp³-hybridized carbons (Fsp3) is 0.222. The van der Waals surface area contributed by atoms with Crippen molar-refractivity contribution in [3.63, 3.8) is 0 Å². The fourth-order valence-electron chi connectivity index (χ4n) is 2.10. The number of amides is 2. The quantitative estimate of drug-likeness (QED) is 0.765. The lowest BCUT2D eigenvalue weighted by Crippen LogP contribution is -2.18. The van der Waals surface area contributed by atoms with Crippen LogP contribution >= 0.6 is 0 Å². The van der Waals surface area contributed by atoms with Crippen molar-refractivity contribution in [1.82, 2.24) is 5.32 Å². The van der Waals surface area contributed by atoms with Crippen molar-refractivity contribution in [2.75, 3.05) is 32.7 Å². The summed E-state index contributed by atoms with van der Waals surface area (Å²) in [7, 11) is 3.14. The molecule has 0 aliphatic rings. The number of anilines is 1. The summed E-state index contributed by atoms with van der Waals surface area (Å²) < 4.78 is 10.5. The molecule has 2 aromatic rings. The second-order valence-corrected chi connectivity index (χ2v) is 4.95. The Morgan fingerprint density at radius 2 is 1.79 bits per heavy atom. The van der Waals surface area contributed by atoms with E-state index < -0.39 is 0 Å². The van der Waals surface area contributed by atoms with Gasteiger partial charge in [-0.05, 0) is 30.3 Å². The van der Waals surface area contributed by atoms with E-state index in [1.54, 1.807) is 62.7 Å². The maximum atomic E-state index is 12.5. The first kappa shape index (κ1) is 17.5. The molecular formula is C18H20N2O4. The number of ether oxygens (including phenoxy) is 2. The zero-order chi connectivity index (χ0) is 17.4. The zero-order valence-corrected chi connectivity index (χ0v) is 13.7. The van der Waals surface area contributed by atoms with Gasteiger partial charge in [-0.1, -0.05) is 18.2 Å². The van der Waals surface area contributed by atoms with Crippen LogP contribution < -0.4 is 15.4 Å². The Kier molecular flexibility index (Phi) is 6.33. The van der Waals surface area contributed by atoms with E-state index in [0.717, 1.165) is 0 Å². The number of carbonyl (C=O) groups excluding carboxylic acids is 2. The van der Waals surface area contributed by atoms with Crippen LogP contribution in [-0.4, -0.2) is 39.2 Å². The summed E-state index contributed by atoms with van der Waals surface area (Å²) >= 11 is 0. The first-order valence-electron chi connectivity index (χ1n) is 7.50. The summed E-state index contributed by atoms with van der Waals surface area (Å²) in [6.07, 6.45) is 0.